The molecule has 5 nitrogen and oxygen atoms in total. The van der Waals surface area contributed by atoms with Crippen LogP contribution in [0, 0.1) is 0 Å². The second-order valence-electron chi connectivity index (χ2n) is 4.32. The first kappa shape index (κ1) is 11.5. The van der Waals surface area contributed by atoms with Crippen LogP contribution in [0.15, 0.2) is 42.6 Å². The summed E-state index contributed by atoms with van der Waals surface area (Å²) in [5.74, 6) is 0.554. The van der Waals surface area contributed by atoms with E-state index in [1.54, 1.807) is 29.3 Å². The number of aromatic nitrogens is 1. The van der Waals surface area contributed by atoms with E-state index in [9.17, 15) is 4.79 Å². The number of anilines is 2. The fraction of sp³-hybridized carbons (Fsp3) is 0.143. The Kier molecular flexibility index (Phi) is 2.79. The van der Waals surface area contributed by atoms with E-state index < -0.39 is 0 Å². The number of ether oxygens (including phenoxy) is 1. The molecule has 5 heteroatoms. The van der Waals surface area contributed by atoms with Gasteiger partial charge in [-0.15, -0.1) is 0 Å². The van der Waals surface area contributed by atoms with Crippen molar-refractivity contribution < 1.29 is 9.53 Å². The second kappa shape index (κ2) is 4.61. The van der Waals surface area contributed by atoms with Gasteiger partial charge >= 0.3 is 0 Å². The van der Waals surface area contributed by atoms with Crippen LogP contribution in [0.25, 0.3) is 0 Å². The van der Waals surface area contributed by atoms with E-state index in [1.165, 1.54) is 0 Å². The standard InChI is InChI=1S/C14H13N3O2/c15-10-4-5-12-13(7-10)19-9-14(18)17(12)8-11-3-1-2-6-16-11/h1-7H,8-9,15H2. The maximum Gasteiger partial charge on any atom is 0.265 e. The summed E-state index contributed by atoms with van der Waals surface area (Å²) >= 11 is 0. The van der Waals surface area contributed by atoms with Crippen LogP contribution >= 0.6 is 0 Å². The summed E-state index contributed by atoms with van der Waals surface area (Å²) < 4.78 is 5.39. The molecule has 0 saturated carbocycles. The molecule has 2 N–H and O–H groups in total. The zero-order chi connectivity index (χ0) is 13.2. The maximum atomic E-state index is 12.0. The minimum atomic E-state index is -0.0806. The van der Waals surface area contributed by atoms with Gasteiger partial charge in [0.1, 0.15) is 5.75 Å². The van der Waals surface area contributed by atoms with Gasteiger partial charge in [0, 0.05) is 18.0 Å². The van der Waals surface area contributed by atoms with Gasteiger partial charge in [-0.25, -0.2) is 0 Å². The second-order valence-corrected chi connectivity index (χ2v) is 4.32. The van der Waals surface area contributed by atoms with Crippen molar-refractivity contribution in [2.75, 3.05) is 17.2 Å². The van der Waals surface area contributed by atoms with Crippen LogP contribution in [0.4, 0.5) is 11.4 Å². The lowest BCUT2D eigenvalue weighted by Gasteiger charge is -2.29. The van der Waals surface area contributed by atoms with Crippen LogP contribution < -0.4 is 15.4 Å². The van der Waals surface area contributed by atoms with Crippen molar-refractivity contribution in [3.8, 4) is 5.75 Å². The molecule has 0 radical (unpaired) electrons. The molecule has 0 bridgehead atoms. The zero-order valence-corrected chi connectivity index (χ0v) is 10.2. The molecule has 1 aromatic carbocycles. The molecule has 0 unspecified atom stereocenters. The number of nitrogens with zero attached hydrogens (tertiary/aromatic N) is 2. The van der Waals surface area contributed by atoms with Gasteiger partial charge in [-0.2, -0.15) is 0 Å². The molecule has 2 aromatic rings. The van der Waals surface area contributed by atoms with Crippen molar-refractivity contribution in [3.05, 3.63) is 48.3 Å². The molecule has 1 amide bonds. The average molecular weight is 255 g/mol. The average Bonchev–Trinajstić information content (AvgIpc) is 2.43. The number of hydrogen-bond acceptors (Lipinski definition) is 4. The van der Waals surface area contributed by atoms with Crippen molar-refractivity contribution in [2.24, 2.45) is 0 Å². The number of carbonyl (C=O) groups excluding carboxylic acids is 1. The summed E-state index contributed by atoms with van der Waals surface area (Å²) in [5, 5.41) is 0. The van der Waals surface area contributed by atoms with Crippen molar-refractivity contribution in [1.29, 1.82) is 0 Å². The lowest BCUT2D eigenvalue weighted by molar-refractivity contribution is -0.121. The van der Waals surface area contributed by atoms with E-state index in [0.29, 0.717) is 18.0 Å². The summed E-state index contributed by atoms with van der Waals surface area (Å²) in [5.41, 5.74) is 7.90. The zero-order valence-electron chi connectivity index (χ0n) is 10.2. The van der Waals surface area contributed by atoms with Gasteiger partial charge in [-0.3, -0.25) is 14.7 Å². The Hall–Kier alpha value is -2.56. The Morgan fingerprint density at radius 3 is 3.00 bits per heavy atom. The van der Waals surface area contributed by atoms with E-state index in [-0.39, 0.29) is 12.5 Å². The number of fused-ring (bicyclic) bond motifs is 1. The van der Waals surface area contributed by atoms with Gasteiger partial charge in [0.2, 0.25) is 0 Å². The molecule has 0 fully saturated rings. The fourth-order valence-corrected chi connectivity index (χ4v) is 2.05. The van der Waals surface area contributed by atoms with Gasteiger partial charge in [-0.05, 0) is 24.3 Å². The first-order valence-corrected chi connectivity index (χ1v) is 5.96. The highest BCUT2D eigenvalue weighted by Crippen LogP contribution is 2.34. The number of nitrogen functional groups attached to an aromatic ring is 1. The molecule has 1 aliphatic rings. The molecule has 0 atom stereocenters. The Bertz CT molecular complexity index is 613. The van der Waals surface area contributed by atoms with Gasteiger partial charge in [0.05, 0.1) is 17.9 Å². The minimum Gasteiger partial charge on any atom is -0.481 e. The van der Waals surface area contributed by atoms with Crippen molar-refractivity contribution in [3.63, 3.8) is 0 Å². The van der Waals surface area contributed by atoms with E-state index in [4.69, 9.17) is 10.5 Å². The van der Waals surface area contributed by atoms with E-state index in [0.717, 1.165) is 11.4 Å². The van der Waals surface area contributed by atoms with Crippen LogP contribution in [0.2, 0.25) is 0 Å². The smallest absolute Gasteiger partial charge is 0.265 e. The molecule has 19 heavy (non-hydrogen) atoms. The Morgan fingerprint density at radius 2 is 2.21 bits per heavy atom. The summed E-state index contributed by atoms with van der Waals surface area (Å²) in [4.78, 5) is 17.9. The van der Waals surface area contributed by atoms with E-state index in [1.807, 2.05) is 18.2 Å². The molecular formula is C14H13N3O2. The summed E-state index contributed by atoms with van der Waals surface area (Å²) in [6, 6.07) is 10.9. The maximum absolute atomic E-state index is 12.0. The quantitative estimate of drug-likeness (QED) is 0.827. The molecule has 0 saturated heterocycles. The number of rotatable bonds is 2. The number of carbonyl (C=O) groups is 1. The van der Waals surface area contributed by atoms with Crippen LogP contribution in [-0.2, 0) is 11.3 Å². The monoisotopic (exact) mass is 255 g/mol. The van der Waals surface area contributed by atoms with Crippen LogP contribution in [0.1, 0.15) is 5.69 Å². The van der Waals surface area contributed by atoms with Crippen LogP contribution in [0.3, 0.4) is 0 Å². The summed E-state index contributed by atoms with van der Waals surface area (Å²) in [6.45, 7) is 0.462. The van der Waals surface area contributed by atoms with Gasteiger partial charge in [-0.1, -0.05) is 6.07 Å². The largest absolute Gasteiger partial charge is 0.481 e. The lowest BCUT2D eigenvalue weighted by Crippen LogP contribution is -2.38. The first-order chi connectivity index (χ1) is 9.24. The molecule has 1 aromatic heterocycles. The topological polar surface area (TPSA) is 68.5 Å². The molecule has 0 spiro atoms. The van der Waals surface area contributed by atoms with Crippen molar-refractivity contribution >= 4 is 17.3 Å². The highest BCUT2D eigenvalue weighted by atomic mass is 16.5. The number of pyridine rings is 1. The SMILES string of the molecule is Nc1ccc2c(c1)OCC(=O)N2Cc1ccccn1. The molecule has 2 heterocycles. The minimum absolute atomic E-state index is 0.0310. The molecule has 1 aliphatic heterocycles. The number of benzene rings is 1. The van der Waals surface area contributed by atoms with Crippen molar-refractivity contribution in [2.45, 2.75) is 6.54 Å². The van der Waals surface area contributed by atoms with Gasteiger partial charge < -0.3 is 10.5 Å². The van der Waals surface area contributed by atoms with Crippen LogP contribution in [0.5, 0.6) is 5.75 Å². The highest BCUT2D eigenvalue weighted by molar-refractivity contribution is 5.98. The Labute approximate surface area is 110 Å². The number of amides is 1. The molecule has 0 aliphatic carbocycles. The number of hydrogen-bond donors (Lipinski definition) is 1. The Morgan fingerprint density at radius 1 is 1.32 bits per heavy atom. The predicted octanol–water partition coefficient (Wildman–Crippen LogP) is 1.59. The third-order valence-electron chi connectivity index (χ3n) is 2.97. The number of nitrogens with two attached hydrogens (primary N) is 1. The first-order valence-electron chi connectivity index (χ1n) is 5.96. The van der Waals surface area contributed by atoms with Gasteiger partial charge in [0.15, 0.2) is 6.61 Å². The molecular weight excluding hydrogens is 242 g/mol. The predicted molar refractivity (Wildman–Crippen MR) is 71.8 cm³/mol. The summed E-state index contributed by atoms with van der Waals surface area (Å²) in [7, 11) is 0. The van der Waals surface area contributed by atoms with E-state index >= 15 is 0 Å². The lowest BCUT2D eigenvalue weighted by atomic mass is 10.2. The third kappa shape index (κ3) is 2.22. The third-order valence-corrected chi connectivity index (χ3v) is 2.97. The highest BCUT2D eigenvalue weighted by Gasteiger charge is 2.25. The fourth-order valence-electron chi connectivity index (χ4n) is 2.05. The normalized spacial score (nSPS) is 13.9. The molecule has 3 rings (SSSR count). The van der Waals surface area contributed by atoms with Crippen LogP contribution in [-0.4, -0.2) is 17.5 Å². The molecule has 96 valence electrons. The Balaban J connectivity index is 1.95. The summed E-state index contributed by atoms with van der Waals surface area (Å²) in [6.07, 6.45) is 1.71. The van der Waals surface area contributed by atoms with E-state index in [2.05, 4.69) is 4.98 Å². The van der Waals surface area contributed by atoms with Gasteiger partial charge in [0.25, 0.3) is 5.91 Å². The van der Waals surface area contributed by atoms with Crippen molar-refractivity contribution in [1.82, 2.24) is 4.98 Å².